The van der Waals surface area contributed by atoms with Gasteiger partial charge < -0.3 is 16.0 Å². The van der Waals surface area contributed by atoms with Crippen LogP contribution < -0.4 is 16.0 Å². The normalized spacial score (nSPS) is 18.2. The Morgan fingerprint density at radius 3 is 3.00 bits per heavy atom. The molecule has 1 aromatic carbocycles. The van der Waals surface area contributed by atoms with Crippen molar-refractivity contribution in [1.82, 2.24) is 10.2 Å². The van der Waals surface area contributed by atoms with Crippen molar-refractivity contribution in [2.45, 2.75) is 19.0 Å². The maximum atomic E-state index is 5.97. The van der Waals surface area contributed by atoms with Crippen LogP contribution in [0, 0.1) is 0 Å². The number of nitrogens with two attached hydrogens (primary N) is 1. The van der Waals surface area contributed by atoms with Gasteiger partial charge >= 0.3 is 0 Å². The van der Waals surface area contributed by atoms with E-state index >= 15 is 0 Å². The molecule has 0 bridgehead atoms. The summed E-state index contributed by atoms with van der Waals surface area (Å²) in [5.74, 6) is 0.793. The maximum absolute atomic E-state index is 5.97. The van der Waals surface area contributed by atoms with Crippen molar-refractivity contribution in [1.29, 1.82) is 0 Å². The molecule has 5 nitrogen and oxygen atoms in total. The Labute approximate surface area is 118 Å². The molecule has 0 aliphatic carbocycles. The molecule has 1 atom stereocenters. The fraction of sp³-hybridized carbons (Fsp3) is 0.333. The summed E-state index contributed by atoms with van der Waals surface area (Å²) in [6.45, 7) is 2.73. The van der Waals surface area contributed by atoms with Crippen LogP contribution in [0.25, 0.3) is 0 Å². The van der Waals surface area contributed by atoms with Gasteiger partial charge in [-0.1, -0.05) is 12.1 Å². The summed E-state index contributed by atoms with van der Waals surface area (Å²) < 4.78 is 0. The lowest BCUT2D eigenvalue weighted by molar-refractivity contribution is 0.752. The van der Waals surface area contributed by atoms with Crippen LogP contribution in [0.2, 0.25) is 0 Å². The van der Waals surface area contributed by atoms with Gasteiger partial charge in [-0.2, -0.15) is 5.10 Å². The largest absolute Gasteiger partial charge is 0.370 e. The fourth-order valence-corrected chi connectivity index (χ4v) is 2.47. The molecular formula is C15H19N5. The third-order valence-corrected chi connectivity index (χ3v) is 3.55. The first-order valence-electron chi connectivity index (χ1n) is 6.92. The van der Waals surface area contributed by atoms with Crippen LogP contribution in [-0.2, 0) is 6.54 Å². The van der Waals surface area contributed by atoms with E-state index in [1.807, 2.05) is 12.1 Å². The fourth-order valence-electron chi connectivity index (χ4n) is 2.47. The van der Waals surface area contributed by atoms with Crippen LogP contribution >= 0.6 is 0 Å². The molecule has 3 rings (SSSR count). The Hall–Kier alpha value is -2.14. The van der Waals surface area contributed by atoms with E-state index in [-0.39, 0.29) is 0 Å². The molecule has 1 aliphatic rings. The molecule has 0 radical (unpaired) electrons. The minimum atomic E-state index is 0.302. The van der Waals surface area contributed by atoms with Gasteiger partial charge in [-0.05, 0) is 36.2 Å². The predicted molar refractivity (Wildman–Crippen MR) is 80.6 cm³/mol. The standard InChI is InChI=1S/C15H19N5/c16-13-6-8-20(11-13)14-4-1-3-12(9-14)10-17-15-5-2-7-18-19-15/h1-5,7,9,13H,6,8,10-11,16H2,(H,17,19)/t13-/m1/s1. The van der Waals surface area contributed by atoms with Gasteiger partial charge in [0.1, 0.15) is 5.82 Å². The van der Waals surface area contributed by atoms with Gasteiger partial charge in [0, 0.05) is 37.6 Å². The quantitative estimate of drug-likeness (QED) is 0.883. The second-order valence-electron chi connectivity index (χ2n) is 5.13. The number of rotatable bonds is 4. The molecule has 104 valence electrons. The lowest BCUT2D eigenvalue weighted by atomic mass is 10.2. The van der Waals surface area contributed by atoms with Gasteiger partial charge in [0.15, 0.2) is 0 Å². The van der Waals surface area contributed by atoms with E-state index in [1.165, 1.54) is 11.3 Å². The van der Waals surface area contributed by atoms with Crippen LogP contribution in [0.3, 0.4) is 0 Å². The molecule has 1 fully saturated rings. The smallest absolute Gasteiger partial charge is 0.148 e. The van der Waals surface area contributed by atoms with Crippen molar-refractivity contribution in [2.24, 2.45) is 5.73 Å². The SMILES string of the molecule is N[C@@H]1CCN(c2cccc(CNc3cccnn3)c2)C1. The number of hydrogen-bond acceptors (Lipinski definition) is 5. The van der Waals surface area contributed by atoms with E-state index in [1.54, 1.807) is 6.20 Å². The van der Waals surface area contributed by atoms with Crippen LogP contribution in [0.15, 0.2) is 42.6 Å². The van der Waals surface area contributed by atoms with E-state index in [2.05, 4.69) is 44.7 Å². The highest BCUT2D eigenvalue weighted by atomic mass is 15.2. The van der Waals surface area contributed by atoms with Crippen LogP contribution in [-0.4, -0.2) is 29.3 Å². The van der Waals surface area contributed by atoms with Gasteiger partial charge in [0.2, 0.25) is 0 Å². The molecule has 5 heteroatoms. The minimum absolute atomic E-state index is 0.302. The summed E-state index contributed by atoms with van der Waals surface area (Å²) in [6.07, 6.45) is 2.74. The van der Waals surface area contributed by atoms with Gasteiger partial charge in [0.05, 0.1) is 0 Å². The van der Waals surface area contributed by atoms with E-state index < -0.39 is 0 Å². The molecule has 3 N–H and O–H groups in total. The second-order valence-corrected chi connectivity index (χ2v) is 5.13. The van der Waals surface area contributed by atoms with Gasteiger partial charge in [-0.15, -0.1) is 5.10 Å². The third kappa shape index (κ3) is 3.05. The number of anilines is 2. The molecule has 2 aromatic rings. The number of aromatic nitrogens is 2. The van der Waals surface area contributed by atoms with Gasteiger partial charge in [-0.25, -0.2) is 0 Å². The van der Waals surface area contributed by atoms with Gasteiger partial charge in [0.25, 0.3) is 0 Å². The summed E-state index contributed by atoms with van der Waals surface area (Å²) >= 11 is 0. The molecule has 1 aromatic heterocycles. The van der Waals surface area contributed by atoms with E-state index in [4.69, 9.17) is 5.73 Å². The van der Waals surface area contributed by atoms with E-state index in [9.17, 15) is 0 Å². The van der Waals surface area contributed by atoms with Crippen molar-refractivity contribution in [3.63, 3.8) is 0 Å². The number of nitrogens with one attached hydrogen (secondary N) is 1. The zero-order valence-corrected chi connectivity index (χ0v) is 11.4. The molecule has 0 amide bonds. The molecular weight excluding hydrogens is 250 g/mol. The number of hydrogen-bond donors (Lipinski definition) is 2. The average molecular weight is 269 g/mol. The van der Waals surface area contributed by atoms with Crippen molar-refractivity contribution in [2.75, 3.05) is 23.3 Å². The Morgan fingerprint density at radius 2 is 2.25 bits per heavy atom. The molecule has 1 aliphatic heterocycles. The third-order valence-electron chi connectivity index (χ3n) is 3.55. The van der Waals surface area contributed by atoms with Crippen molar-refractivity contribution >= 4 is 11.5 Å². The first kappa shape index (κ1) is 12.9. The molecule has 20 heavy (non-hydrogen) atoms. The second kappa shape index (κ2) is 5.88. The highest BCUT2D eigenvalue weighted by Gasteiger charge is 2.19. The van der Waals surface area contributed by atoms with E-state index in [0.29, 0.717) is 6.04 Å². The zero-order valence-electron chi connectivity index (χ0n) is 11.4. The summed E-state index contributed by atoms with van der Waals surface area (Å²) in [7, 11) is 0. The molecule has 0 unspecified atom stereocenters. The Morgan fingerprint density at radius 1 is 1.30 bits per heavy atom. The highest BCUT2D eigenvalue weighted by Crippen LogP contribution is 2.21. The first-order valence-corrected chi connectivity index (χ1v) is 6.92. The Balaban J connectivity index is 1.65. The lowest BCUT2D eigenvalue weighted by Crippen LogP contribution is -2.26. The van der Waals surface area contributed by atoms with Crippen molar-refractivity contribution in [3.05, 3.63) is 48.2 Å². The first-order chi connectivity index (χ1) is 9.81. The van der Waals surface area contributed by atoms with Gasteiger partial charge in [-0.3, -0.25) is 0 Å². The maximum Gasteiger partial charge on any atom is 0.148 e. The number of benzene rings is 1. The van der Waals surface area contributed by atoms with Crippen molar-refractivity contribution < 1.29 is 0 Å². The van der Waals surface area contributed by atoms with Crippen molar-refractivity contribution in [3.8, 4) is 0 Å². The molecule has 0 saturated carbocycles. The summed E-state index contributed by atoms with van der Waals surface area (Å²) in [4.78, 5) is 2.34. The zero-order chi connectivity index (χ0) is 13.8. The van der Waals surface area contributed by atoms with E-state index in [0.717, 1.165) is 31.9 Å². The number of nitrogens with zero attached hydrogens (tertiary/aromatic N) is 3. The lowest BCUT2D eigenvalue weighted by Gasteiger charge is -2.19. The summed E-state index contributed by atoms with van der Waals surface area (Å²) in [5, 5.41) is 11.1. The highest BCUT2D eigenvalue weighted by molar-refractivity contribution is 5.50. The van der Waals surface area contributed by atoms with Crippen LogP contribution in [0.5, 0.6) is 0 Å². The predicted octanol–water partition coefficient (Wildman–Crippen LogP) is 1.63. The topological polar surface area (TPSA) is 67.1 Å². The average Bonchev–Trinajstić information content (AvgIpc) is 2.93. The molecule has 2 heterocycles. The molecule has 0 spiro atoms. The Kier molecular flexibility index (Phi) is 3.78. The van der Waals surface area contributed by atoms with Crippen LogP contribution in [0.4, 0.5) is 11.5 Å². The monoisotopic (exact) mass is 269 g/mol. The minimum Gasteiger partial charge on any atom is -0.370 e. The molecule has 1 saturated heterocycles. The summed E-state index contributed by atoms with van der Waals surface area (Å²) in [6, 6.07) is 12.6. The summed E-state index contributed by atoms with van der Waals surface area (Å²) in [5.41, 5.74) is 8.44. The Bertz CT molecular complexity index is 557. The van der Waals surface area contributed by atoms with Crippen LogP contribution in [0.1, 0.15) is 12.0 Å².